The van der Waals surface area contributed by atoms with Crippen LogP contribution in [0.1, 0.15) is 39.3 Å². The number of carbonyl (C=O) groups excluding carboxylic acids is 1. The Kier molecular flexibility index (Phi) is 5.31. The van der Waals surface area contributed by atoms with Crippen molar-refractivity contribution in [3.05, 3.63) is 29.8 Å². The molecule has 100 valence electrons. The van der Waals surface area contributed by atoms with Gasteiger partial charge in [-0.25, -0.2) is 0 Å². The van der Waals surface area contributed by atoms with Gasteiger partial charge in [-0.15, -0.1) is 0 Å². The van der Waals surface area contributed by atoms with E-state index in [9.17, 15) is 4.79 Å². The van der Waals surface area contributed by atoms with Crippen molar-refractivity contribution in [1.82, 2.24) is 5.32 Å². The van der Waals surface area contributed by atoms with Gasteiger partial charge < -0.3 is 16.4 Å². The summed E-state index contributed by atoms with van der Waals surface area (Å²) in [5.41, 5.74) is 7.79. The van der Waals surface area contributed by atoms with Gasteiger partial charge in [-0.2, -0.15) is 0 Å². The molecular formula is C14H23N3O. The lowest BCUT2D eigenvalue weighted by atomic mass is 10.1. The Hall–Kier alpha value is -1.39. The highest BCUT2D eigenvalue weighted by atomic mass is 16.1. The summed E-state index contributed by atoms with van der Waals surface area (Å²) in [6.07, 6.45) is 0. The van der Waals surface area contributed by atoms with Gasteiger partial charge in [0.25, 0.3) is 0 Å². The summed E-state index contributed by atoms with van der Waals surface area (Å²) >= 11 is 0. The molecular weight excluding hydrogens is 226 g/mol. The summed E-state index contributed by atoms with van der Waals surface area (Å²) in [5.74, 6) is -0.0586. The van der Waals surface area contributed by atoms with Crippen LogP contribution in [-0.4, -0.2) is 18.0 Å². The Bertz CT molecular complexity index is 404. The van der Waals surface area contributed by atoms with Crippen molar-refractivity contribution in [2.24, 2.45) is 5.73 Å². The van der Waals surface area contributed by atoms with Gasteiger partial charge in [0.2, 0.25) is 5.91 Å². The first-order chi connectivity index (χ1) is 8.40. The molecule has 0 heterocycles. The summed E-state index contributed by atoms with van der Waals surface area (Å²) in [7, 11) is 0. The van der Waals surface area contributed by atoms with Crippen LogP contribution in [0.5, 0.6) is 0 Å². The molecule has 4 nitrogen and oxygen atoms in total. The molecule has 0 aliphatic heterocycles. The molecule has 0 saturated carbocycles. The lowest BCUT2D eigenvalue weighted by molar-refractivity contribution is -0.114. The monoisotopic (exact) mass is 249 g/mol. The maximum absolute atomic E-state index is 11.0. The van der Waals surface area contributed by atoms with E-state index >= 15 is 0 Å². The minimum absolute atomic E-state index is 0.0586. The molecule has 18 heavy (non-hydrogen) atoms. The van der Waals surface area contributed by atoms with Crippen molar-refractivity contribution in [2.45, 2.75) is 45.8 Å². The highest BCUT2D eigenvalue weighted by Gasteiger charge is 2.12. The van der Waals surface area contributed by atoms with Crippen molar-refractivity contribution in [1.29, 1.82) is 0 Å². The van der Waals surface area contributed by atoms with Crippen LogP contribution in [0, 0.1) is 0 Å². The summed E-state index contributed by atoms with van der Waals surface area (Å²) in [5, 5.41) is 6.22. The van der Waals surface area contributed by atoms with Crippen LogP contribution in [0.3, 0.4) is 0 Å². The zero-order valence-corrected chi connectivity index (χ0v) is 11.5. The predicted molar refractivity (Wildman–Crippen MR) is 75.4 cm³/mol. The summed E-state index contributed by atoms with van der Waals surface area (Å²) < 4.78 is 0. The minimum Gasteiger partial charge on any atom is -0.327 e. The zero-order chi connectivity index (χ0) is 13.7. The Labute approximate surface area is 109 Å². The number of hydrogen-bond acceptors (Lipinski definition) is 3. The van der Waals surface area contributed by atoms with Crippen LogP contribution in [0.25, 0.3) is 0 Å². The van der Waals surface area contributed by atoms with Crippen molar-refractivity contribution in [2.75, 3.05) is 5.32 Å². The number of carbonyl (C=O) groups is 1. The van der Waals surface area contributed by atoms with Gasteiger partial charge >= 0.3 is 0 Å². The van der Waals surface area contributed by atoms with Gasteiger partial charge in [-0.1, -0.05) is 12.1 Å². The smallest absolute Gasteiger partial charge is 0.221 e. The Morgan fingerprint density at radius 1 is 1.28 bits per heavy atom. The lowest BCUT2D eigenvalue weighted by Crippen LogP contribution is -2.41. The van der Waals surface area contributed by atoms with Crippen LogP contribution in [0.15, 0.2) is 24.3 Å². The second-order valence-electron chi connectivity index (χ2n) is 4.84. The van der Waals surface area contributed by atoms with Crippen molar-refractivity contribution < 1.29 is 4.79 Å². The molecule has 0 bridgehead atoms. The highest BCUT2D eigenvalue weighted by Crippen LogP contribution is 2.18. The van der Waals surface area contributed by atoms with E-state index in [1.165, 1.54) is 6.92 Å². The molecule has 1 rings (SSSR count). The first-order valence-electron chi connectivity index (χ1n) is 6.29. The number of benzene rings is 1. The lowest BCUT2D eigenvalue weighted by Gasteiger charge is -2.23. The molecule has 0 spiro atoms. The number of rotatable bonds is 5. The zero-order valence-electron chi connectivity index (χ0n) is 11.5. The van der Waals surface area contributed by atoms with Crippen LogP contribution in [0.4, 0.5) is 5.69 Å². The molecule has 1 aromatic carbocycles. The average Bonchev–Trinajstić information content (AvgIpc) is 2.28. The Morgan fingerprint density at radius 2 is 1.94 bits per heavy atom. The topological polar surface area (TPSA) is 67.2 Å². The number of nitrogens with two attached hydrogens (primary N) is 1. The average molecular weight is 249 g/mol. The Morgan fingerprint density at radius 3 is 2.50 bits per heavy atom. The molecule has 0 saturated heterocycles. The molecule has 4 heteroatoms. The van der Waals surface area contributed by atoms with E-state index in [1.54, 1.807) is 0 Å². The molecule has 0 fully saturated rings. The van der Waals surface area contributed by atoms with Crippen molar-refractivity contribution in [3.8, 4) is 0 Å². The molecule has 0 aromatic heterocycles. The van der Waals surface area contributed by atoms with E-state index in [4.69, 9.17) is 5.73 Å². The second-order valence-corrected chi connectivity index (χ2v) is 4.84. The number of nitrogens with one attached hydrogen (secondary N) is 2. The fraction of sp³-hybridized carbons (Fsp3) is 0.500. The fourth-order valence-corrected chi connectivity index (χ4v) is 1.73. The fourth-order valence-electron chi connectivity index (χ4n) is 1.73. The standard InChI is InChI=1S/C14H23N3O/c1-9(15)10(2)16-11(3)13-6-5-7-14(8-13)17-12(4)18/h5-11,16H,15H2,1-4H3,(H,17,18). The largest absolute Gasteiger partial charge is 0.327 e. The number of amides is 1. The van der Waals surface area contributed by atoms with Crippen LogP contribution >= 0.6 is 0 Å². The summed E-state index contributed by atoms with van der Waals surface area (Å²) in [6.45, 7) is 7.65. The normalized spacial score (nSPS) is 15.8. The van der Waals surface area contributed by atoms with Gasteiger partial charge in [0.15, 0.2) is 0 Å². The van der Waals surface area contributed by atoms with Gasteiger partial charge in [-0.05, 0) is 38.5 Å². The van der Waals surface area contributed by atoms with Crippen LogP contribution in [0.2, 0.25) is 0 Å². The molecule has 3 unspecified atom stereocenters. The number of hydrogen-bond donors (Lipinski definition) is 3. The molecule has 4 N–H and O–H groups in total. The third-order valence-corrected chi connectivity index (χ3v) is 3.01. The van der Waals surface area contributed by atoms with E-state index in [1.807, 2.05) is 31.2 Å². The van der Waals surface area contributed by atoms with Crippen molar-refractivity contribution >= 4 is 11.6 Å². The van der Waals surface area contributed by atoms with E-state index in [-0.39, 0.29) is 24.0 Å². The third kappa shape index (κ3) is 4.47. The van der Waals surface area contributed by atoms with Gasteiger partial charge in [0, 0.05) is 30.7 Å². The first-order valence-corrected chi connectivity index (χ1v) is 6.29. The van der Waals surface area contributed by atoms with Gasteiger partial charge in [0.1, 0.15) is 0 Å². The predicted octanol–water partition coefficient (Wildman–Crippen LogP) is 2.03. The Balaban J connectivity index is 2.73. The molecule has 1 aromatic rings. The van der Waals surface area contributed by atoms with E-state index in [0.717, 1.165) is 11.3 Å². The van der Waals surface area contributed by atoms with Crippen molar-refractivity contribution in [3.63, 3.8) is 0 Å². The van der Waals surface area contributed by atoms with Gasteiger partial charge in [0.05, 0.1) is 0 Å². The molecule has 1 amide bonds. The summed E-state index contributed by atoms with van der Waals surface area (Å²) in [4.78, 5) is 11.0. The maximum Gasteiger partial charge on any atom is 0.221 e. The molecule has 0 aliphatic carbocycles. The van der Waals surface area contributed by atoms with Crippen LogP contribution in [-0.2, 0) is 4.79 Å². The molecule has 0 aliphatic rings. The maximum atomic E-state index is 11.0. The quantitative estimate of drug-likeness (QED) is 0.748. The number of anilines is 1. The van der Waals surface area contributed by atoms with Crippen LogP contribution < -0.4 is 16.4 Å². The van der Waals surface area contributed by atoms with E-state index in [0.29, 0.717) is 0 Å². The van der Waals surface area contributed by atoms with Gasteiger partial charge in [-0.3, -0.25) is 4.79 Å². The minimum atomic E-state index is -0.0586. The SMILES string of the molecule is CC(=O)Nc1cccc(C(C)NC(C)C(C)N)c1. The highest BCUT2D eigenvalue weighted by molar-refractivity contribution is 5.88. The molecule has 3 atom stereocenters. The second kappa shape index (κ2) is 6.52. The van der Waals surface area contributed by atoms with E-state index in [2.05, 4.69) is 24.5 Å². The third-order valence-electron chi connectivity index (χ3n) is 3.01. The summed E-state index contributed by atoms with van der Waals surface area (Å²) in [6, 6.07) is 8.38. The first kappa shape index (κ1) is 14.7. The molecule has 0 radical (unpaired) electrons. The van der Waals surface area contributed by atoms with E-state index < -0.39 is 0 Å².